The molecule has 1 aromatic rings. The summed E-state index contributed by atoms with van der Waals surface area (Å²) < 4.78 is 1.68. The largest absolute Gasteiger partial charge is 0.351 e. The summed E-state index contributed by atoms with van der Waals surface area (Å²) >= 11 is 5.79. The number of hydrogen-bond acceptors (Lipinski definition) is 2. The van der Waals surface area contributed by atoms with Crippen LogP contribution in [0.1, 0.15) is 29.9 Å². The van der Waals surface area contributed by atoms with Crippen LogP contribution in [0.2, 0.25) is 0 Å². The van der Waals surface area contributed by atoms with E-state index in [2.05, 4.69) is 10.4 Å². The molecule has 1 amide bonds. The first-order chi connectivity index (χ1) is 7.37. The first-order valence-corrected chi connectivity index (χ1v) is 5.73. The van der Waals surface area contributed by atoms with Crippen LogP contribution in [0.25, 0.3) is 0 Å². The molecule has 0 aliphatic carbocycles. The molecule has 0 unspecified atom stereocenters. The minimum absolute atomic E-state index is 0.0900. The second-order valence-electron chi connectivity index (χ2n) is 4.75. The Hall–Kier alpha value is -1.03. The summed E-state index contributed by atoms with van der Waals surface area (Å²) in [6.45, 7) is 6.45. The lowest BCUT2D eigenvalue weighted by Gasteiger charge is -2.21. The maximum absolute atomic E-state index is 11.8. The normalized spacial score (nSPS) is 11.6. The molecule has 0 aromatic carbocycles. The summed E-state index contributed by atoms with van der Waals surface area (Å²) in [6.07, 6.45) is 1.58. The summed E-state index contributed by atoms with van der Waals surface area (Å²) in [7, 11) is 1.81. The minimum atomic E-state index is -0.0937. The molecule has 0 aliphatic rings. The highest BCUT2D eigenvalue weighted by Crippen LogP contribution is 2.15. The standard InChI is InChI=1S/C11H18ClN3O/c1-8-9(5-14-15(8)4)10(16)13-7-11(2,3)6-12/h5H,6-7H2,1-4H3,(H,13,16). The van der Waals surface area contributed by atoms with Gasteiger partial charge in [0.2, 0.25) is 0 Å². The number of alkyl halides is 1. The molecule has 0 saturated carbocycles. The van der Waals surface area contributed by atoms with Gasteiger partial charge in [0.05, 0.1) is 11.8 Å². The van der Waals surface area contributed by atoms with Crippen molar-refractivity contribution in [2.45, 2.75) is 20.8 Å². The first kappa shape index (κ1) is 13.0. The first-order valence-electron chi connectivity index (χ1n) is 5.20. The lowest BCUT2D eigenvalue weighted by molar-refractivity contribution is 0.0939. The molecular formula is C11H18ClN3O. The predicted octanol–water partition coefficient (Wildman–Crippen LogP) is 1.72. The van der Waals surface area contributed by atoms with E-state index < -0.39 is 0 Å². The average Bonchev–Trinajstić information content (AvgIpc) is 2.57. The van der Waals surface area contributed by atoms with Crippen LogP contribution in [-0.2, 0) is 7.05 Å². The molecule has 1 aromatic heterocycles. The van der Waals surface area contributed by atoms with E-state index in [1.54, 1.807) is 10.9 Å². The molecule has 0 aliphatic heterocycles. The zero-order valence-corrected chi connectivity index (χ0v) is 10.9. The molecule has 0 spiro atoms. The maximum Gasteiger partial charge on any atom is 0.254 e. The lowest BCUT2D eigenvalue weighted by atomic mass is 9.96. The second-order valence-corrected chi connectivity index (χ2v) is 5.02. The van der Waals surface area contributed by atoms with E-state index in [1.807, 2.05) is 27.8 Å². The van der Waals surface area contributed by atoms with Crippen molar-refractivity contribution in [2.24, 2.45) is 12.5 Å². The van der Waals surface area contributed by atoms with Crippen LogP contribution < -0.4 is 5.32 Å². The van der Waals surface area contributed by atoms with E-state index in [-0.39, 0.29) is 11.3 Å². The Morgan fingerprint density at radius 2 is 2.25 bits per heavy atom. The van der Waals surface area contributed by atoms with Crippen LogP contribution in [0.5, 0.6) is 0 Å². The molecule has 0 saturated heterocycles. The van der Waals surface area contributed by atoms with Crippen molar-refractivity contribution >= 4 is 17.5 Å². The molecule has 1 heterocycles. The van der Waals surface area contributed by atoms with Crippen molar-refractivity contribution in [2.75, 3.05) is 12.4 Å². The fourth-order valence-electron chi connectivity index (χ4n) is 1.18. The van der Waals surface area contributed by atoms with Crippen LogP contribution in [0.4, 0.5) is 0 Å². The van der Waals surface area contributed by atoms with Gasteiger partial charge >= 0.3 is 0 Å². The van der Waals surface area contributed by atoms with E-state index in [9.17, 15) is 4.79 Å². The highest BCUT2D eigenvalue weighted by atomic mass is 35.5. The number of nitrogens with one attached hydrogen (secondary N) is 1. The molecule has 1 rings (SSSR count). The monoisotopic (exact) mass is 243 g/mol. The summed E-state index contributed by atoms with van der Waals surface area (Å²) in [6, 6.07) is 0. The molecule has 4 nitrogen and oxygen atoms in total. The number of aromatic nitrogens is 2. The number of aryl methyl sites for hydroxylation is 1. The average molecular weight is 244 g/mol. The van der Waals surface area contributed by atoms with Crippen molar-refractivity contribution in [3.8, 4) is 0 Å². The molecule has 90 valence electrons. The number of carbonyl (C=O) groups is 1. The van der Waals surface area contributed by atoms with Crippen LogP contribution in [0.3, 0.4) is 0 Å². The molecular weight excluding hydrogens is 226 g/mol. The molecule has 0 bridgehead atoms. The Bertz CT molecular complexity index is 385. The van der Waals surface area contributed by atoms with E-state index in [0.29, 0.717) is 18.0 Å². The Kier molecular flexibility index (Phi) is 3.97. The molecule has 0 fully saturated rings. The van der Waals surface area contributed by atoms with E-state index in [4.69, 9.17) is 11.6 Å². The fraction of sp³-hybridized carbons (Fsp3) is 0.636. The van der Waals surface area contributed by atoms with Crippen molar-refractivity contribution in [3.63, 3.8) is 0 Å². The Morgan fingerprint density at radius 1 is 1.62 bits per heavy atom. The molecule has 5 heteroatoms. The van der Waals surface area contributed by atoms with Gasteiger partial charge in [-0.05, 0) is 12.3 Å². The van der Waals surface area contributed by atoms with Crippen molar-refractivity contribution in [1.29, 1.82) is 0 Å². The summed E-state index contributed by atoms with van der Waals surface area (Å²) in [5.74, 6) is 0.419. The molecule has 1 N–H and O–H groups in total. The molecule has 0 radical (unpaired) electrons. The Morgan fingerprint density at radius 3 is 2.69 bits per heavy atom. The van der Waals surface area contributed by atoms with Crippen LogP contribution >= 0.6 is 11.6 Å². The minimum Gasteiger partial charge on any atom is -0.351 e. The fourth-order valence-corrected chi connectivity index (χ4v) is 1.28. The summed E-state index contributed by atoms with van der Waals surface area (Å²) in [5, 5.41) is 6.90. The van der Waals surface area contributed by atoms with Gasteiger partial charge in [-0.25, -0.2) is 0 Å². The number of carbonyl (C=O) groups excluding carboxylic acids is 1. The quantitative estimate of drug-likeness (QED) is 0.819. The van der Waals surface area contributed by atoms with Crippen LogP contribution in [-0.4, -0.2) is 28.1 Å². The van der Waals surface area contributed by atoms with Crippen molar-refractivity contribution in [3.05, 3.63) is 17.5 Å². The Labute approximate surface area is 101 Å². The highest BCUT2D eigenvalue weighted by Gasteiger charge is 2.19. The topological polar surface area (TPSA) is 46.9 Å². The van der Waals surface area contributed by atoms with Crippen molar-refractivity contribution in [1.82, 2.24) is 15.1 Å². The highest BCUT2D eigenvalue weighted by molar-refractivity contribution is 6.18. The van der Waals surface area contributed by atoms with Gasteiger partial charge in [0.25, 0.3) is 5.91 Å². The number of amides is 1. The third kappa shape index (κ3) is 2.98. The van der Waals surface area contributed by atoms with Gasteiger partial charge in [-0.2, -0.15) is 5.10 Å². The second kappa shape index (κ2) is 4.87. The number of nitrogens with zero attached hydrogens (tertiary/aromatic N) is 2. The SMILES string of the molecule is Cc1c(C(=O)NCC(C)(C)CCl)cnn1C. The van der Waals surface area contributed by atoms with E-state index in [1.165, 1.54) is 0 Å². The van der Waals surface area contributed by atoms with Crippen molar-refractivity contribution < 1.29 is 4.79 Å². The summed E-state index contributed by atoms with van der Waals surface area (Å²) in [4.78, 5) is 11.8. The number of rotatable bonds is 4. The van der Waals surface area contributed by atoms with Gasteiger partial charge in [-0.3, -0.25) is 9.48 Å². The van der Waals surface area contributed by atoms with Crippen LogP contribution in [0, 0.1) is 12.3 Å². The molecule has 16 heavy (non-hydrogen) atoms. The van der Waals surface area contributed by atoms with Gasteiger partial charge in [-0.15, -0.1) is 11.6 Å². The van der Waals surface area contributed by atoms with Gasteiger partial charge in [0, 0.05) is 25.2 Å². The Balaban J connectivity index is 2.64. The third-order valence-electron chi connectivity index (χ3n) is 2.57. The zero-order valence-electron chi connectivity index (χ0n) is 10.2. The smallest absolute Gasteiger partial charge is 0.254 e. The van der Waals surface area contributed by atoms with E-state index >= 15 is 0 Å². The van der Waals surface area contributed by atoms with E-state index in [0.717, 1.165) is 5.69 Å². The van der Waals surface area contributed by atoms with Crippen LogP contribution in [0.15, 0.2) is 6.20 Å². The molecule has 0 atom stereocenters. The predicted molar refractivity (Wildman–Crippen MR) is 64.8 cm³/mol. The lowest BCUT2D eigenvalue weighted by Crippen LogP contribution is -2.35. The number of hydrogen-bond donors (Lipinski definition) is 1. The third-order valence-corrected chi connectivity index (χ3v) is 3.29. The van der Waals surface area contributed by atoms with Gasteiger partial charge in [0.15, 0.2) is 0 Å². The van der Waals surface area contributed by atoms with Gasteiger partial charge in [0.1, 0.15) is 0 Å². The van der Waals surface area contributed by atoms with Gasteiger partial charge < -0.3 is 5.32 Å². The van der Waals surface area contributed by atoms with Gasteiger partial charge in [-0.1, -0.05) is 13.8 Å². The zero-order chi connectivity index (χ0) is 12.3. The number of halogens is 1. The summed E-state index contributed by atoms with van der Waals surface area (Å²) in [5.41, 5.74) is 1.39. The maximum atomic E-state index is 11.8.